The van der Waals surface area contributed by atoms with Crippen LogP contribution in [0.25, 0.3) is 0 Å². The highest BCUT2D eigenvalue weighted by molar-refractivity contribution is 5.92. The Morgan fingerprint density at radius 2 is 1.64 bits per heavy atom. The van der Waals surface area contributed by atoms with Crippen LogP contribution in [0, 0.1) is 17.3 Å². The average molecular weight is 785 g/mol. The van der Waals surface area contributed by atoms with Crippen LogP contribution in [-0.4, -0.2) is 96.4 Å². The molecule has 1 saturated heterocycles. The monoisotopic (exact) mass is 784 g/mol. The summed E-state index contributed by atoms with van der Waals surface area (Å²) in [7, 11) is 0. The lowest BCUT2D eigenvalue weighted by Gasteiger charge is -2.29. The number of ether oxygens (including phenoxy) is 2. The molecule has 0 spiro atoms. The number of epoxide rings is 1. The zero-order valence-corrected chi connectivity index (χ0v) is 32.9. The number of cyclic esters (lactones) is 1. The number of esters is 1. The Balaban J connectivity index is 1.59. The van der Waals surface area contributed by atoms with Crippen LogP contribution in [0.15, 0.2) is 36.4 Å². The third kappa shape index (κ3) is 15.1. The summed E-state index contributed by atoms with van der Waals surface area (Å²) >= 11 is 0. The van der Waals surface area contributed by atoms with E-state index in [-0.39, 0.29) is 75.9 Å². The fourth-order valence-corrected chi connectivity index (χ4v) is 5.83. The van der Waals surface area contributed by atoms with Crippen molar-refractivity contribution in [2.24, 2.45) is 17.3 Å². The van der Waals surface area contributed by atoms with Crippen molar-refractivity contribution in [3.8, 4) is 0 Å². The van der Waals surface area contributed by atoms with Crippen LogP contribution in [-0.2, 0) is 54.4 Å². The molecule has 1 aromatic carbocycles. The summed E-state index contributed by atoms with van der Waals surface area (Å²) in [6.45, 7) is 10.1. The van der Waals surface area contributed by atoms with E-state index in [1.165, 1.54) is 13.0 Å². The summed E-state index contributed by atoms with van der Waals surface area (Å²) in [4.78, 5) is 98.8. The molecular weight excluding hydrogens is 728 g/mol. The largest absolute Gasteiger partial charge is 0.481 e. The Hall–Kier alpha value is -5.32. The number of carbonyl (C=O) groups is 8. The van der Waals surface area contributed by atoms with Gasteiger partial charge in [0.2, 0.25) is 35.4 Å². The quantitative estimate of drug-likeness (QED) is 0.0973. The van der Waals surface area contributed by atoms with E-state index in [0.29, 0.717) is 6.42 Å². The smallest absolute Gasteiger partial charge is 0.328 e. The minimum absolute atomic E-state index is 0.00785. The van der Waals surface area contributed by atoms with Gasteiger partial charge in [-0.2, -0.15) is 0 Å². The lowest BCUT2D eigenvalue weighted by atomic mass is 9.91. The summed E-state index contributed by atoms with van der Waals surface area (Å²) in [5.41, 5.74) is 0.594. The molecule has 7 N–H and O–H groups in total. The van der Waals surface area contributed by atoms with Gasteiger partial charge in [0, 0.05) is 38.3 Å². The van der Waals surface area contributed by atoms with Crippen molar-refractivity contribution in [1.82, 2.24) is 31.9 Å². The maximum Gasteiger partial charge on any atom is 0.328 e. The average Bonchev–Trinajstić information content (AvgIpc) is 3.94. The first-order valence-electron chi connectivity index (χ1n) is 18.9. The van der Waals surface area contributed by atoms with Crippen molar-refractivity contribution in [1.29, 1.82) is 0 Å². The summed E-state index contributed by atoms with van der Waals surface area (Å²) < 4.78 is 12.1. The number of carboxylic acids is 1. The van der Waals surface area contributed by atoms with Crippen molar-refractivity contribution in [2.45, 2.75) is 111 Å². The predicted octanol–water partition coefficient (Wildman–Crippen LogP) is 0.916. The number of carbonyl (C=O) groups excluding carboxylic acids is 7. The van der Waals surface area contributed by atoms with Gasteiger partial charge in [0.1, 0.15) is 24.3 Å². The summed E-state index contributed by atoms with van der Waals surface area (Å²) in [5.74, 6) is -4.74. The number of hydrogen-bond donors (Lipinski definition) is 7. The molecule has 0 radical (unpaired) electrons. The number of hydrogen-bond acceptors (Lipinski definition) is 10. The van der Waals surface area contributed by atoms with E-state index in [2.05, 4.69) is 31.9 Å². The van der Waals surface area contributed by atoms with Crippen LogP contribution in [0.2, 0.25) is 0 Å². The van der Waals surface area contributed by atoms with E-state index in [4.69, 9.17) is 14.6 Å². The number of benzene rings is 1. The zero-order chi connectivity index (χ0) is 41.6. The van der Waals surface area contributed by atoms with Gasteiger partial charge in [-0.3, -0.25) is 33.6 Å². The molecule has 308 valence electrons. The van der Waals surface area contributed by atoms with Gasteiger partial charge in [-0.1, -0.05) is 51.1 Å². The molecule has 56 heavy (non-hydrogen) atoms. The molecule has 2 heterocycles. The van der Waals surface area contributed by atoms with Crippen molar-refractivity contribution in [2.75, 3.05) is 19.6 Å². The Morgan fingerprint density at radius 3 is 2.30 bits per heavy atom. The molecule has 2 aliphatic rings. The molecule has 3 rings (SSSR count). The first-order chi connectivity index (χ1) is 26.4. The Kier molecular flexibility index (Phi) is 17.0. The van der Waals surface area contributed by atoms with Gasteiger partial charge in [0.15, 0.2) is 0 Å². The lowest BCUT2D eigenvalue weighted by Crippen LogP contribution is -2.52. The molecule has 6 amide bonds. The van der Waals surface area contributed by atoms with Crippen molar-refractivity contribution < 1.29 is 52.9 Å². The first-order valence-corrected chi connectivity index (χ1v) is 18.9. The molecule has 2 aliphatic heterocycles. The second kappa shape index (κ2) is 21.1. The number of carboxylic acid groups (broad SMARTS) is 1. The molecule has 0 aliphatic carbocycles. The third-order valence-corrected chi connectivity index (χ3v) is 9.38. The molecule has 17 heteroatoms. The third-order valence-electron chi connectivity index (χ3n) is 9.38. The highest BCUT2D eigenvalue weighted by Gasteiger charge is 2.47. The number of amides is 6. The summed E-state index contributed by atoms with van der Waals surface area (Å²) in [6, 6.07) is 5.57. The summed E-state index contributed by atoms with van der Waals surface area (Å²) in [6.07, 6.45) is 1.99. The van der Waals surface area contributed by atoms with E-state index in [0.717, 1.165) is 11.1 Å². The van der Waals surface area contributed by atoms with Crippen LogP contribution in [0.4, 0.5) is 0 Å². The topological polar surface area (TPSA) is 251 Å². The maximum atomic E-state index is 13.6. The van der Waals surface area contributed by atoms with E-state index in [1.807, 2.05) is 45.0 Å². The van der Waals surface area contributed by atoms with Gasteiger partial charge in [-0.15, -0.1) is 0 Å². The van der Waals surface area contributed by atoms with Crippen LogP contribution in [0.5, 0.6) is 0 Å². The minimum Gasteiger partial charge on any atom is -0.481 e. The van der Waals surface area contributed by atoms with Gasteiger partial charge in [-0.05, 0) is 56.7 Å². The number of aliphatic carboxylic acids is 1. The van der Waals surface area contributed by atoms with Crippen LogP contribution in [0.3, 0.4) is 0 Å². The van der Waals surface area contributed by atoms with Gasteiger partial charge in [-0.25, -0.2) is 4.79 Å². The molecule has 1 unspecified atom stereocenters. The van der Waals surface area contributed by atoms with Crippen molar-refractivity contribution in [3.05, 3.63) is 47.5 Å². The predicted molar refractivity (Wildman–Crippen MR) is 202 cm³/mol. The normalized spacial score (nSPS) is 23.3. The standard InChI is InChI=1S/C39H56N6O11/c1-22(2)17-27-37(53)55-28(9-7-10-29(46)40-19-31(48)43-21-39(5,6)38(54)45-27)23(3)34-35(56-34)26-15-13-25(14-16-26)18-42-36(52)24(4)44-32(49)20-41-30(47)11-8-12-33(50)51/h7,10,13-16,22-24,27-28,34-35H,8-9,11-12,17-21H2,1-6H3,(H,40,46)(H,41,47)(H,42,52)(H,43,48)(H,44,49)(H,45,54)(H,50,51)/b10-7+/t23-,24?,27-,28-,34+,35+/m0/s1. The molecule has 0 saturated carbocycles. The number of nitrogens with one attached hydrogen (secondary N) is 6. The molecule has 6 atom stereocenters. The van der Waals surface area contributed by atoms with Crippen LogP contribution < -0.4 is 31.9 Å². The highest BCUT2D eigenvalue weighted by Crippen LogP contribution is 2.45. The van der Waals surface area contributed by atoms with Gasteiger partial charge >= 0.3 is 11.9 Å². The Bertz CT molecular complexity index is 1630. The zero-order valence-electron chi connectivity index (χ0n) is 32.9. The van der Waals surface area contributed by atoms with Crippen LogP contribution in [0.1, 0.15) is 90.9 Å². The maximum absolute atomic E-state index is 13.6. The van der Waals surface area contributed by atoms with Crippen molar-refractivity contribution >= 4 is 47.4 Å². The Labute approximate surface area is 326 Å². The number of rotatable bonds is 15. The van der Waals surface area contributed by atoms with E-state index < -0.39 is 71.0 Å². The van der Waals surface area contributed by atoms with E-state index >= 15 is 0 Å². The second-order valence-electron chi connectivity index (χ2n) is 15.3. The van der Waals surface area contributed by atoms with Gasteiger partial charge in [0.25, 0.3) is 0 Å². The van der Waals surface area contributed by atoms with Gasteiger partial charge < -0.3 is 46.5 Å². The highest BCUT2D eigenvalue weighted by atomic mass is 16.6. The molecule has 1 aromatic rings. The Morgan fingerprint density at radius 1 is 0.946 bits per heavy atom. The molecule has 0 bridgehead atoms. The molecule has 1 fully saturated rings. The van der Waals surface area contributed by atoms with Crippen LogP contribution >= 0.6 is 0 Å². The molecule has 17 nitrogen and oxygen atoms in total. The second-order valence-corrected chi connectivity index (χ2v) is 15.3. The van der Waals surface area contributed by atoms with E-state index in [9.17, 15) is 38.4 Å². The van der Waals surface area contributed by atoms with Gasteiger partial charge in [0.05, 0.1) is 24.6 Å². The SMILES string of the molecule is CC(C)C[C@@H]1NC(=O)C(C)(C)CNC(=O)CNC(=O)/C=C/C[C@@H]([C@H](C)[C@H]2O[C@@H]2c2ccc(CNC(=O)C(C)NC(=O)CNC(=O)CCCC(=O)O)cc2)OC1=O. The minimum atomic E-state index is -1.05. The fraction of sp³-hybridized carbons (Fsp3) is 0.590. The van der Waals surface area contributed by atoms with E-state index in [1.54, 1.807) is 19.9 Å². The lowest BCUT2D eigenvalue weighted by molar-refractivity contribution is -0.157. The first kappa shape index (κ1) is 45.1. The fourth-order valence-electron chi connectivity index (χ4n) is 5.83. The molecular formula is C39H56N6O11. The summed E-state index contributed by atoms with van der Waals surface area (Å²) in [5, 5.41) is 24.3. The van der Waals surface area contributed by atoms with Crippen molar-refractivity contribution in [3.63, 3.8) is 0 Å². The molecule has 0 aromatic heterocycles.